The Hall–Kier alpha value is -4.20. The van der Waals surface area contributed by atoms with Crippen molar-refractivity contribution in [3.63, 3.8) is 0 Å². The molecule has 2 amide bonds. The fourth-order valence-electron chi connectivity index (χ4n) is 4.67. The van der Waals surface area contributed by atoms with Crippen LogP contribution in [0.4, 0.5) is 8.78 Å². The van der Waals surface area contributed by atoms with Crippen LogP contribution in [0.5, 0.6) is 0 Å². The molecule has 1 fully saturated rings. The lowest BCUT2D eigenvalue weighted by Gasteiger charge is -2.32. The first-order chi connectivity index (χ1) is 17.9. The van der Waals surface area contributed by atoms with Gasteiger partial charge in [-0.15, -0.1) is 0 Å². The summed E-state index contributed by atoms with van der Waals surface area (Å²) in [6, 6.07) is 17.0. The minimum Gasteiger partial charge on any atom is -0.352 e. The third-order valence-corrected chi connectivity index (χ3v) is 6.68. The highest BCUT2D eigenvalue weighted by molar-refractivity contribution is 5.98. The van der Waals surface area contributed by atoms with Crippen LogP contribution < -0.4 is 5.32 Å². The SMILES string of the molecule is CC(=O)N1CCC[C@H](CNC(=O)c2ccc3nc(-c4ccc(F)cc4)c(-c4ccc(F)cc4)nc3c2)C1. The molecule has 1 N–H and O–H groups in total. The molecule has 0 radical (unpaired) electrons. The van der Waals surface area contributed by atoms with E-state index in [2.05, 4.69) is 5.32 Å². The van der Waals surface area contributed by atoms with E-state index in [-0.39, 0.29) is 29.4 Å². The van der Waals surface area contributed by atoms with Crippen molar-refractivity contribution in [2.45, 2.75) is 19.8 Å². The second-order valence-corrected chi connectivity index (χ2v) is 9.32. The number of carbonyl (C=O) groups is 2. The molecular formula is C29H26F2N4O2. The molecule has 2 heterocycles. The maximum atomic E-state index is 13.6. The lowest BCUT2D eigenvalue weighted by atomic mass is 9.98. The molecular weight excluding hydrogens is 474 g/mol. The molecule has 3 aromatic carbocycles. The fourth-order valence-corrected chi connectivity index (χ4v) is 4.67. The van der Waals surface area contributed by atoms with Gasteiger partial charge in [-0.2, -0.15) is 0 Å². The number of rotatable bonds is 5. The van der Waals surface area contributed by atoms with Gasteiger partial charge in [0.25, 0.3) is 5.91 Å². The lowest BCUT2D eigenvalue weighted by molar-refractivity contribution is -0.130. The molecule has 0 saturated carbocycles. The van der Waals surface area contributed by atoms with Crippen molar-refractivity contribution in [3.8, 4) is 22.5 Å². The third kappa shape index (κ3) is 5.48. The van der Waals surface area contributed by atoms with E-state index in [9.17, 15) is 18.4 Å². The van der Waals surface area contributed by atoms with E-state index in [1.807, 2.05) is 4.90 Å². The number of likely N-dealkylation sites (tertiary alicyclic amines) is 1. The summed E-state index contributed by atoms with van der Waals surface area (Å²) in [4.78, 5) is 36.0. The molecule has 37 heavy (non-hydrogen) atoms. The Balaban J connectivity index is 1.44. The fraction of sp³-hybridized carbons (Fsp3) is 0.241. The predicted octanol–water partition coefficient (Wildman–Crippen LogP) is 5.23. The topological polar surface area (TPSA) is 75.2 Å². The van der Waals surface area contributed by atoms with Crippen molar-refractivity contribution in [1.29, 1.82) is 0 Å². The van der Waals surface area contributed by atoms with Crippen LogP contribution in [0, 0.1) is 17.6 Å². The maximum absolute atomic E-state index is 13.6. The number of carbonyl (C=O) groups excluding carboxylic acids is 2. The largest absolute Gasteiger partial charge is 0.352 e. The minimum absolute atomic E-state index is 0.0566. The van der Waals surface area contributed by atoms with Gasteiger partial charge in [0.2, 0.25) is 5.91 Å². The molecule has 5 rings (SSSR count). The highest BCUT2D eigenvalue weighted by Crippen LogP contribution is 2.31. The summed E-state index contributed by atoms with van der Waals surface area (Å²) in [5, 5.41) is 2.99. The third-order valence-electron chi connectivity index (χ3n) is 6.68. The van der Waals surface area contributed by atoms with Gasteiger partial charge in [-0.3, -0.25) is 9.59 Å². The number of benzene rings is 3. The summed E-state index contributed by atoms with van der Waals surface area (Å²) >= 11 is 0. The Bertz CT molecular complexity index is 1460. The van der Waals surface area contributed by atoms with Gasteiger partial charge in [0.15, 0.2) is 0 Å². The quantitative estimate of drug-likeness (QED) is 0.407. The van der Waals surface area contributed by atoms with Gasteiger partial charge in [0, 0.05) is 43.2 Å². The first-order valence-electron chi connectivity index (χ1n) is 12.2. The number of hydrogen-bond donors (Lipinski definition) is 1. The number of amides is 2. The lowest BCUT2D eigenvalue weighted by Crippen LogP contribution is -2.42. The van der Waals surface area contributed by atoms with Crippen LogP contribution in [0.15, 0.2) is 66.7 Å². The van der Waals surface area contributed by atoms with Gasteiger partial charge >= 0.3 is 0 Å². The Labute approximate surface area is 213 Å². The second kappa shape index (κ2) is 10.4. The van der Waals surface area contributed by atoms with Crippen molar-refractivity contribution in [1.82, 2.24) is 20.2 Å². The van der Waals surface area contributed by atoms with Crippen molar-refractivity contribution in [3.05, 3.63) is 83.9 Å². The molecule has 6 nitrogen and oxygen atoms in total. The zero-order valence-corrected chi connectivity index (χ0v) is 20.4. The molecule has 0 bridgehead atoms. The summed E-state index contributed by atoms with van der Waals surface area (Å²) in [7, 11) is 0. The van der Waals surface area contributed by atoms with Crippen molar-refractivity contribution in [2.75, 3.05) is 19.6 Å². The van der Waals surface area contributed by atoms with Crippen LogP contribution in [0.2, 0.25) is 0 Å². The van der Waals surface area contributed by atoms with E-state index >= 15 is 0 Å². The van der Waals surface area contributed by atoms with Crippen LogP contribution >= 0.6 is 0 Å². The van der Waals surface area contributed by atoms with E-state index < -0.39 is 0 Å². The smallest absolute Gasteiger partial charge is 0.251 e. The van der Waals surface area contributed by atoms with E-state index in [1.165, 1.54) is 24.3 Å². The van der Waals surface area contributed by atoms with Gasteiger partial charge in [-0.05, 0) is 85.5 Å². The van der Waals surface area contributed by atoms with Crippen LogP contribution in [-0.2, 0) is 4.79 Å². The summed E-state index contributed by atoms with van der Waals surface area (Å²) < 4.78 is 27.1. The van der Waals surface area contributed by atoms with E-state index in [1.54, 1.807) is 49.4 Å². The molecule has 0 aliphatic carbocycles. The molecule has 1 aliphatic heterocycles. The van der Waals surface area contributed by atoms with Crippen molar-refractivity contribution < 1.29 is 18.4 Å². The Morgan fingerprint density at radius 2 is 1.49 bits per heavy atom. The molecule has 1 saturated heterocycles. The number of aromatic nitrogens is 2. The van der Waals surface area contributed by atoms with Gasteiger partial charge in [-0.1, -0.05) is 0 Å². The average molecular weight is 501 g/mol. The Morgan fingerprint density at radius 3 is 2.08 bits per heavy atom. The predicted molar refractivity (Wildman–Crippen MR) is 138 cm³/mol. The van der Waals surface area contributed by atoms with Gasteiger partial charge in [0.05, 0.1) is 22.4 Å². The van der Waals surface area contributed by atoms with E-state index in [0.29, 0.717) is 52.2 Å². The Kier molecular flexibility index (Phi) is 6.90. The summed E-state index contributed by atoms with van der Waals surface area (Å²) in [6.07, 6.45) is 1.88. The molecule has 4 aromatic rings. The number of halogens is 2. The zero-order chi connectivity index (χ0) is 25.9. The van der Waals surface area contributed by atoms with Crippen LogP contribution in [-0.4, -0.2) is 46.3 Å². The normalized spacial score (nSPS) is 15.5. The summed E-state index contributed by atoms with van der Waals surface area (Å²) in [5.74, 6) is -0.691. The maximum Gasteiger partial charge on any atom is 0.251 e. The highest BCUT2D eigenvalue weighted by atomic mass is 19.1. The summed E-state index contributed by atoms with van der Waals surface area (Å²) in [5.41, 5.74) is 3.89. The Morgan fingerprint density at radius 1 is 0.892 bits per heavy atom. The monoisotopic (exact) mass is 500 g/mol. The number of piperidine rings is 1. The number of nitrogens with zero attached hydrogens (tertiary/aromatic N) is 3. The first kappa shape index (κ1) is 24.5. The van der Waals surface area contributed by atoms with E-state index in [0.717, 1.165) is 19.4 Å². The molecule has 188 valence electrons. The second-order valence-electron chi connectivity index (χ2n) is 9.32. The minimum atomic E-state index is -0.371. The first-order valence-corrected chi connectivity index (χ1v) is 12.2. The van der Waals surface area contributed by atoms with Crippen LogP contribution in [0.1, 0.15) is 30.1 Å². The van der Waals surface area contributed by atoms with Crippen molar-refractivity contribution >= 4 is 22.8 Å². The van der Waals surface area contributed by atoms with Crippen LogP contribution in [0.25, 0.3) is 33.5 Å². The molecule has 0 unspecified atom stereocenters. The number of fused-ring (bicyclic) bond motifs is 1. The molecule has 0 spiro atoms. The molecule has 1 aromatic heterocycles. The number of nitrogens with one attached hydrogen (secondary N) is 1. The average Bonchev–Trinajstić information content (AvgIpc) is 2.92. The molecule has 8 heteroatoms. The van der Waals surface area contributed by atoms with Crippen molar-refractivity contribution in [2.24, 2.45) is 5.92 Å². The standard InChI is InChI=1S/C29H26F2N4O2/c1-18(36)35-14-2-3-19(17-35)16-32-29(37)22-8-13-25-26(15-22)34-28(21-6-11-24(31)12-7-21)27(33-25)20-4-9-23(30)10-5-20/h4-13,15,19H,2-3,14,16-17H2,1H3,(H,32,37)/t19-/m1/s1. The van der Waals surface area contributed by atoms with Gasteiger partial charge in [0.1, 0.15) is 11.6 Å². The van der Waals surface area contributed by atoms with Crippen LogP contribution in [0.3, 0.4) is 0 Å². The highest BCUT2D eigenvalue weighted by Gasteiger charge is 2.22. The van der Waals surface area contributed by atoms with E-state index in [4.69, 9.17) is 9.97 Å². The molecule has 1 aliphatic rings. The number of hydrogen-bond acceptors (Lipinski definition) is 4. The zero-order valence-electron chi connectivity index (χ0n) is 20.4. The van der Waals surface area contributed by atoms with Gasteiger partial charge < -0.3 is 10.2 Å². The summed E-state index contributed by atoms with van der Waals surface area (Å²) in [6.45, 7) is 3.46. The van der Waals surface area contributed by atoms with Gasteiger partial charge in [-0.25, -0.2) is 18.7 Å². The molecule has 1 atom stereocenters.